The second kappa shape index (κ2) is 9.78. The molecule has 0 aromatic heterocycles. The Kier molecular flexibility index (Phi) is 11.5. The number of carboxylic acids is 2. The van der Waals surface area contributed by atoms with Gasteiger partial charge in [0, 0.05) is 23.8 Å². The van der Waals surface area contributed by atoms with E-state index < -0.39 is 23.8 Å². The van der Waals surface area contributed by atoms with Crippen LogP contribution in [0.2, 0.25) is 0 Å². The van der Waals surface area contributed by atoms with Gasteiger partial charge in [-0.05, 0) is 31.1 Å². The third kappa shape index (κ3) is 5.93. The minimum absolute atomic E-state index is 0. The summed E-state index contributed by atoms with van der Waals surface area (Å²) in [4.78, 5) is 22.0. The van der Waals surface area contributed by atoms with Gasteiger partial charge in [-0.2, -0.15) is 0 Å². The Morgan fingerprint density at radius 1 is 1.11 bits per heavy atom. The molecule has 0 aromatic rings. The van der Waals surface area contributed by atoms with Crippen LogP contribution in [0.3, 0.4) is 0 Å². The number of carboxylic acid groups (broad SMARTS) is 2. The number of hydrogen-bond acceptors (Lipinski definition) is 4. The molecule has 1 rings (SSSR count). The van der Waals surface area contributed by atoms with Crippen LogP contribution in [0.15, 0.2) is 0 Å². The fourth-order valence-electron chi connectivity index (χ4n) is 2.78. The van der Waals surface area contributed by atoms with Gasteiger partial charge >= 0.3 is 59.1 Å². The zero-order valence-electron chi connectivity index (χ0n) is 11.8. The van der Waals surface area contributed by atoms with Gasteiger partial charge < -0.3 is 19.8 Å². The third-order valence-electron chi connectivity index (χ3n) is 3.38. The standard InChI is InChI=1S/C12H20O4.2Na/c1-7(2)6-8-4-3-5-9(11(13)14)10(8)12(15)16;;/h7-10H,3-6H2,1-2H3,(H,13,14)(H,15,16);;/q;2*+1/p-2. The first-order chi connectivity index (χ1) is 7.43. The number of rotatable bonds is 4. The summed E-state index contributed by atoms with van der Waals surface area (Å²) < 4.78 is 0. The topological polar surface area (TPSA) is 80.3 Å². The zero-order valence-corrected chi connectivity index (χ0v) is 15.8. The van der Waals surface area contributed by atoms with Gasteiger partial charge in [-0.3, -0.25) is 0 Å². The van der Waals surface area contributed by atoms with E-state index in [4.69, 9.17) is 0 Å². The van der Waals surface area contributed by atoms with Gasteiger partial charge in [-0.1, -0.05) is 20.3 Å². The van der Waals surface area contributed by atoms with Crippen molar-refractivity contribution < 1.29 is 78.9 Å². The summed E-state index contributed by atoms with van der Waals surface area (Å²) in [5.74, 6) is -3.94. The molecule has 0 bridgehead atoms. The molecule has 1 saturated carbocycles. The normalized spacial score (nSPS) is 26.9. The molecule has 0 aromatic carbocycles. The number of carbonyl (C=O) groups is 2. The van der Waals surface area contributed by atoms with Crippen LogP contribution in [0.5, 0.6) is 0 Å². The molecule has 0 heterocycles. The van der Waals surface area contributed by atoms with Crippen molar-refractivity contribution in [2.75, 3.05) is 0 Å². The average molecular weight is 272 g/mol. The van der Waals surface area contributed by atoms with Gasteiger partial charge in [-0.15, -0.1) is 0 Å². The average Bonchev–Trinajstić information content (AvgIpc) is 2.15. The quantitative estimate of drug-likeness (QED) is 0.477. The van der Waals surface area contributed by atoms with E-state index in [1.54, 1.807) is 0 Å². The van der Waals surface area contributed by atoms with Crippen LogP contribution in [-0.4, -0.2) is 11.9 Å². The fourth-order valence-corrected chi connectivity index (χ4v) is 2.78. The second-order valence-corrected chi connectivity index (χ2v) is 5.09. The molecule has 1 aliphatic carbocycles. The Labute approximate surface area is 152 Å². The predicted molar refractivity (Wildman–Crippen MR) is 53.8 cm³/mol. The van der Waals surface area contributed by atoms with E-state index in [0.717, 1.165) is 19.3 Å². The van der Waals surface area contributed by atoms with E-state index in [1.807, 2.05) is 13.8 Å². The summed E-state index contributed by atoms with van der Waals surface area (Å²) in [5, 5.41) is 22.0. The summed E-state index contributed by atoms with van der Waals surface area (Å²) in [6, 6.07) is 0. The van der Waals surface area contributed by atoms with Crippen molar-refractivity contribution in [1.29, 1.82) is 0 Å². The van der Waals surface area contributed by atoms with E-state index in [2.05, 4.69) is 0 Å². The van der Waals surface area contributed by atoms with Crippen LogP contribution < -0.4 is 69.3 Å². The first-order valence-electron chi connectivity index (χ1n) is 5.85. The predicted octanol–water partition coefficient (Wildman–Crippen LogP) is -6.43. The molecule has 3 unspecified atom stereocenters. The molecule has 18 heavy (non-hydrogen) atoms. The van der Waals surface area contributed by atoms with Crippen LogP contribution in [0.25, 0.3) is 0 Å². The Hall–Kier alpha value is 0.940. The van der Waals surface area contributed by atoms with E-state index in [-0.39, 0.29) is 65.0 Å². The Balaban J connectivity index is 0. The molecule has 92 valence electrons. The second-order valence-electron chi connectivity index (χ2n) is 5.09. The van der Waals surface area contributed by atoms with Crippen LogP contribution >= 0.6 is 0 Å². The maximum absolute atomic E-state index is 11.1. The van der Waals surface area contributed by atoms with Crippen molar-refractivity contribution in [2.24, 2.45) is 23.7 Å². The van der Waals surface area contributed by atoms with Crippen LogP contribution in [0.4, 0.5) is 0 Å². The van der Waals surface area contributed by atoms with Gasteiger partial charge in [0.2, 0.25) is 0 Å². The fraction of sp³-hybridized carbons (Fsp3) is 0.833. The summed E-state index contributed by atoms with van der Waals surface area (Å²) in [6.07, 6.45) is 2.68. The summed E-state index contributed by atoms with van der Waals surface area (Å²) in [7, 11) is 0. The largest absolute Gasteiger partial charge is 1.00 e. The third-order valence-corrected chi connectivity index (χ3v) is 3.38. The van der Waals surface area contributed by atoms with E-state index in [0.29, 0.717) is 12.3 Å². The van der Waals surface area contributed by atoms with Gasteiger partial charge in [0.05, 0.1) is 0 Å². The molecule has 1 fully saturated rings. The number of aliphatic carboxylic acids is 2. The molecule has 4 nitrogen and oxygen atoms in total. The molecule has 0 radical (unpaired) electrons. The van der Waals surface area contributed by atoms with Crippen molar-refractivity contribution in [2.45, 2.75) is 39.5 Å². The Morgan fingerprint density at radius 3 is 2.06 bits per heavy atom. The van der Waals surface area contributed by atoms with Crippen LogP contribution in [-0.2, 0) is 9.59 Å². The first kappa shape index (κ1) is 21.2. The zero-order chi connectivity index (χ0) is 12.3. The summed E-state index contributed by atoms with van der Waals surface area (Å²) >= 11 is 0. The Bertz CT molecular complexity index is 281. The molecule has 6 heteroatoms. The van der Waals surface area contributed by atoms with Gasteiger partial charge in [0.1, 0.15) is 0 Å². The molecule has 1 aliphatic rings. The van der Waals surface area contributed by atoms with Crippen LogP contribution in [0, 0.1) is 23.7 Å². The van der Waals surface area contributed by atoms with Crippen LogP contribution in [0.1, 0.15) is 39.5 Å². The summed E-state index contributed by atoms with van der Waals surface area (Å²) in [5.41, 5.74) is 0. The molecule has 3 atom stereocenters. The van der Waals surface area contributed by atoms with Gasteiger partial charge in [0.15, 0.2) is 0 Å². The number of hydrogen-bond donors (Lipinski definition) is 0. The van der Waals surface area contributed by atoms with Crippen molar-refractivity contribution in [3.63, 3.8) is 0 Å². The monoisotopic (exact) mass is 272 g/mol. The molecule has 0 N–H and O–H groups in total. The van der Waals surface area contributed by atoms with E-state index >= 15 is 0 Å². The van der Waals surface area contributed by atoms with Crippen molar-refractivity contribution in [1.82, 2.24) is 0 Å². The van der Waals surface area contributed by atoms with E-state index in [1.165, 1.54) is 0 Å². The molecular weight excluding hydrogens is 254 g/mol. The smallest absolute Gasteiger partial charge is 0.550 e. The molecule has 0 aliphatic heterocycles. The maximum Gasteiger partial charge on any atom is 1.00 e. The van der Waals surface area contributed by atoms with Gasteiger partial charge in [0.25, 0.3) is 0 Å². The Morgan fingerprint density at radius 2 is 1.67 bits per heavy atom. The minimum atomic E-state index is -1.25. The van der Waals surface area contributed by atoms with Crippen molar-refractivity contribution in [3.05, 3.63) is 0 Å². The van der Waals surface area contributed by atoms with E-state index in [9.17, 15) is 19.8 Å². The minimum Gasteiger partial charge on any atom is -0.550 e. The molecule has 0 spiro atoms. The van der Waals surface area contributed by atoms with Crippen molar-refractivity contribution in [3.8, 4) is 0 Å². The molecule has 0 saturated heterocycles. The number of carbonyl (C=O) groups excluding carboxylic acids is 2. The van der Waals surface area contributed by atoms with Crippen molar-refractivity contribution >= 4 is 11.9 Å². The maximum atomic E-state index is 11.1. The van der Waals surface area contributed by atoms with Gasteiger partial charge in [-0.25, -0.2) is 0 Å². The molecular formula is C12H18Na2O4. The first-order valence-corrected chi connectivity index (χ1v) is 5.85. The SMILES string of the molecule is CC(C)CC1CCCC(C(=O)[O-])C1C(=O)[O-].[Na+].[Na+]. The summed E-state index contributed by atoms with van der Waals surface area (Å²) in [6.45, 7) is 4.02. The molecule has 0 amide bonds.